The molecule has 2 aliphatic rings. The summed E-state index contributed by atoms with van der Waals surface area (Å²) in [5.41, 5.74) is 1.76. The summed E-state index contributed by atoms with van der Waals surface area (Å²) >= 11 is 1.51. The first-order chi connectivity index (χ1) is 13.5. The molecule has 0 bridgehead atoms. The number of ether oxygens (including phenoxy) is 1. The number of thioether (sulfide) groups is 1. The Labute approximate surface area is 167 Å². The molecule has 2 aromatic rings. The molecule has 1 aromatic heterocycles. The van der Waals surface area contributed by atoms with Gasteiger partial charge in [0.1, 0.15) is 11.6 Å². The molecule has 1 aromatic carbocycles. The van der Waals surface area contributed by atoms with E-state index >= 15 is 0 Å². The summed E-state index contributed by atoms with van der Waals surface area (Å²) in [5, 5.41) is 7.01. The third-order valence-corrected chi connectivity index (χ3v) is 5.58. The van der Waals surface area contributed by atoms with Gasteiger partial charge in [-0.15, -0.1) is 0 Å². The number of amidine groups is 1. The molecular weight excluding hydrogens is 376 g/mol. The number of pyridine rings is 1. The summed E-state index contributed by atoms with van der Waals surface area (Å²) in [6.07, 6.45) is 2.83. The van der Waals surface area contributed by atoms with Gasteiger partial charge in [-0.1, -0.05) is 17.8 Å². The van der Waals surface area contributed by atoms with Crippen LogP contribution in [0.25, 0.3) is 10.9 Å². The van der Waals surface area contributed by atoms with Gasteiger partial charge in [0.2, 0.25) is 11.8 Å². The van der Waals surface area contributed by atoms with E-state index in [1.165, 1.54) is 18.7 Å². The fraction of sp³-hybridized carbons (Fsp3) is 0.400. The highest BCUT2D eigenvalue weighted by molar-refractivity contribution is 8.15. The maximum Gasteiger partial charge on any atom is 0.239 e. The average Bonchev–Trinajstić information content (AvgIpc) is 3.38. The first-order valence-corrected chi connectivity index (χ1v) is 10.3. The highest BCUT2D eigenvalue weighted by Gasteiger charge is 2.32. The van der Waals surface area contributed by atoms with E-state index in [4.69, 9.17) is 4.74 Å². The van der Waals surface area contributed by atoms with E-state index in [1.54, 1.807) is 6.07 Å². The number of carbonyl (C=O) groups is 2. The minimum atomic E-state index is -0.183. The van der Waals surface area contributed by atoms with Crippen molar-refractivity contribution in [2.45, 2.75) is 44.4 Å². The van der Waals surface area contributed by atoms with E-state index in [0.29, 0.717) is 30.6 Å². The van der Waals surface area contributed by atoms with Crippen molar-refractivity contribution in [3.63, 3.8) is 0 Å². The molecule has 1 saturated carbocycles. The lowest BCUT2D eigenvalue weighted by molar-refractivity contribution is -0.118. The highest BCUT2D eigenvalue weighted by atomic mass is 32.2. The lowest BCUT2D eigenvalue weighted by atomic mass is 10.1. The van der Waals surface area contributed by atoms with E-state index in [0.717, 1.165) is 34.5 Å². The van der Waals surface area contributed by atoms with Gasteiger partial charge in [0.25, 0.3) is 0 Å². The van der Waals surface area contributed by atoms with Gasteiger partial charge < -0.3 is 15.4 Å². The molecule has 1 unspecified atom stereocenters. The number of benzene rings is 1. The standard InChI is InChI=1S/C20H22N4O3S/c1-3-27-16-10-18(21-11(2)25)23-15-7-4-12(8-14(15)16)9-17-19(26)24-20(28-17)22-13-5-6-13/h4,7-8,10,13,17H,3,5-6,9H2,1-2H3,(H,21,23,25)(H,22,24,26). The van der Waals surface area contributed by atoms with Crippen molar-refractivity contribution >= 4 is 45.5 Å². The third kappa shape index (κ3) is 4.27. The van der Waals surface area contributed by atoms with Crippen LogP contribution >= 0.6 is 11.8 Å². The fourth-order valence-corrected chi connectivity index (χ4v) is 4.15. The van der Waals surface area contributed by atoms with Gasteiger partial charge in [0, 0.05) is 18.4 Å². The molecule has 1 aliphatic carbocycles. The SMILES string of the molecule is CCOc1cc(NC(C)=O)nc2ccc(CC3SC(=NC4CC4)NC3=O)cc12. The zero-order valence-corrected chi connectivity index (χ0v) is 16.6. The van der Waals surface area contributed by atoms with E-state index in [1.807, 2.05) is 25.1 Å². The Morgan fingerprint density at radius 2 is 2.21 bits per heavy atom. The number of hydrogen-bond donors (Lipinski definition) is 2. The van der Waals surface area contributed by atoms with Gasteiger partial charge >= 0.3 is 0 Å². The summed E-state index contributed by atoms with van der Waals surface area (Å²) in [7, 11) is 0. The van der Waals surface area contributed by atoms with E-state index in [9.17, 15) is 9.59 Å². The maximum absolute atomic E-state index is 12.3. The molecule has 1 aliphatic heterocycles. The first-order valence-electron chi connectivity index (χ1n) is 9.41. The fourth-order valence-electron chi connectivity index (χ4n) is 3.07. The predicted molar refractivity (Wildman–Crippen MR) is 111 cm³/mol. The van der Waals surface area contributed by atoms with Gasteiger partial charge in [-0.3, -0.25) is 14.6 Å². The molecule has 2 heterocycles. The number of fused-ring (bicyclic) bond motifs is 1. The molecule has 146 valence electrons. The molecule has 0 radical (unpaired) electrons. The van der Waals surface area contributed by atoms with Crippen molar-refractivity contribution in [2.24, 2.45) is 4.99 Å². The second-order valence-corrected chi connectivity index (χ2v) is 8.13. The Morgan fingerprint density at radius 1 is 1.39 bits per heavy atom. The van der Waals surface area contributed by atoms with Gasteiger partial charge in [-0.25, -0.2) is 4.98 Å². The number of nitrogens with zero attached hydrogens (tertiary/aromatic N) is 2. The number of amides is 2. The number of hydrogen-bond acceptors (Lipinski definition) is 6. The lowest BCUT2D eigenvalue weighted by Crippen LogP contribution is -2.26. The normalized spacial score (nSPS) is 20.4. The van der Waals surface area contributed by atoms with Crippen molar-refractivity contribution in [2.75, 3.05) is 11.9 Å². The molecule has 4 rings (SSSR count). The van der Waals surface area contributed by atoms with Crippen LogP contribution in [0, 0.1) is 0 Å². The smallest absolute Gasteiger partial charge is 0.239 e. The first kappa shape index (κ1) is 18.7. The van der Waals surface area contributed by atoms with Crippen LogP contribution in [0.5, 0.6) is 5.75 Å². The van der Waals surface area contributed by atoms with Crippen molar-refractivity contribution < 1.29 is 14.3 Å². The van der Waals surface area contributed by atoms with Crippen molar-refractivity contribution in [1.29, 1.82) is 0 Å². The highest BCUT2D eigenvalue weighted by Crippen LogP contribution is 2.32. The number of rotatable bonds is 6. The topological polar surface area (TPSA) is 92.7 Å². The van der Waals surface area contributed by atoms with Crippen LogP contribution in [0.15, 0.2) is 29.3 Å². The zero-order valence-electron chi connectivity index (χ0n) is 15.8. The van der Waals surface area contributed by atoms with Crippen molar-refractivity contribution in [3.8, 4) is 5.75 Å². The molecule has 2 amide bonds. The van der Waals surface area contributed by atoms with Crippen LogP contribution in [-0.4, -0.2) is 39.9 Å². The Morgan fingerprint density at radius 3 is 2.93 bits per heavy atom. The van der Waals surface area contributed by atoms with Gasteiger partial charge in [-0.05, 0) is 43.9 Å². The van der Waals surface area contributed by atoms with E-state index < -0.39 is 0 Å². The monoisotopic (exact) mass is 398 g/mol. The Kier molecular flexibility index (Phi) is 5.21. The quantitative estimate of drug-likeness (QED) is 0.781. The van der Waals surface area contributed by atoms with Gasteiger partial charge in [0.05, 0.1) is 23.4 Å². The van der Waals surface area contributed by atoms with Crippen molar-refractivity contribution in [3.05, 3.63) is 29.8 Å². The Bertz CT molecular complexity index is 971. The van der Waals surface area contributed by atoms with Crippen LogP contribution in [0.2, 0.25) is 0 Å². The molecule has 2 fully saturated rings. The Balaban J connectivity index is 1.59. The summed E-state index contributed by atoms with van der Waals surface area (Å²) in [4.78, 5) is 32.7. The number of nitrogens with one attached hydrogen (secondary N) is 2. The molecule has 0 spiro atoms. The maximum atomic E-state index is 12.3. The molecule has 2 N–H and O–H groups in total. The molecule has 1 atom stereocenters. The second-order valence-electron chi connectivity index (χ2n) is 6.94. The van der Waals surface area contributed by atoms with Crippen LogP contribution < -0.4 is 15.4 Å². The van der Waals surface area contributed by atoms with E-state index in [-0.39, 0.29) is 17.1 Å². The Hall–Kier alpha value is -2.61. The summed E-state index contributed by atoms with van der Waals surface area (Å²) < 4.78 is 5.76. The van der Waals surface area contributed by atoms with Crippen LogP contribution in [0.4, 0.5) is 5.82 Å². The minimum absolute atomic E-state index is 0.00802. The summed E-state index contributed by atoms with van der Waals surface area (Å²) in [6, 6.07) is 7.99. The second kappa shape index (κ2) is 7.79. The lowest BCUT2D eigenvalue weighted by Gasteiger charge is -2.12. The van der Waals surface area contributed by atoms with Crippen LogP contribution in [-0.2, 0) is 16.0 Å². The zero-order chi connectivity index (χ0) is 19.7. The number of carbonyl (C=O) groups excluding carboxylic acids is 2. The van der Waals surface area contributed by atoms with Crippen LogP contribution in [0.1, 0.15) is 32.3 Å². The van der Waals surface area contributed by atoms with Crippen molar-refractivity contribution in [1.82, 2.24) is 10.3 Å². The van der Waals surface area contributed by atoms with Gasteiger partial charge in [-0.2, -0.15) is 0 Å². The number of anilines is 1. The molecular formula is C20H22N4O3S. The minimum Gasteiger partial charge on any atom is -0.493 e. The average molecular weight is 398 g/mol. The predicted octanol–water partition coefficient (Wildman–Crippen LogP) is 2.88. The number of aromatic nitrogens is 1. The van der Waals surface area contributed by atoms with Gasteiger partial charge in [0.15, 0.2) is 5.17 Å². The van der Waals surface area contributed by atoms with Crippen LogP contribution in [0.3, 0.4) is 0 Å². The molecule has 8 heteroatoms. The molecule has 28 heavy (non-hydrogen) atoms. The third-order valence-electron chi connectivity index (χ3n) is 4.48. The van der Waals surface area contributed by atoms with E-state index in [2.05, 4.69) is 20.6 Å². The number of aliphatic imine (C=N–C) groups is 1. The largest absolute Gasteiger partial charge is 0.493 e. The summed E-state index contributed by atoms with van der Waals surface area (Å²) in [6.45, 7) is 3.86. The summed E-state index contributed by atoms with van der Waals surface area (Å²) in [5.74, 6) is 0.952. The molecule has 7 nitrogen and oxygen atoms in total. The molecule has 1 saturated heterocycles.